The van der Waals surface area contributed by atoms with Crippen molar-refractivity contribution in [3.8, 4) is 16.9 Å². The molecule has 2 N–H and O–H groups in total. The highest BCUT2D eigenvalue weighted by Crippen LogP contribution is 2.31. The minimum absolute atomic E-state index is 0.717. The molecule has 0 saturated carbocycles. The highest BCUT2D eigenvalue weighted by Gasteiger charge is 2.16. The van der Waals surface area contributed by atoms with E-state index in [9.17, 15) is 0 Å². The van der Waals surface area contributed by atoms with Crippen LogP contribution >= 0.6 is 0 Å². The summed E-state index contributed by atoms with van der Waals surface area (Å²) >= 11 is 0. The lowest BCUT2D eigenvalue weighted by atomic mass is 9.99. The summed E-state index contributed by atoms with van der Waals surface area (Å²) in [6.45, 7) is 2.84. The van der Waals surface area contributed by atoms with Crippen molar-refractivity contribution in [1.29, 1.82) is 0 Å². The molecule has 0 unspecified atom stereocenters. The van der Waals surface area contributed by atoms with Crippen LogP contribution in [0.25, 0.3) is 22.0 Å². The zero-order valence-corrected chi connectivity index (χ0v) is 17.3. The van der Waals surface area contributed by atoms with E-state index in [-0.39, 0.29) is 0 Å². The molecule has 0 radical (unpaired) electrons. The highest BCUT2D eigenvalue weighted by atomic mass is 16.5. The molecule has 0 spiro atoms. The second-order valence-electron chi connectivity index (χ2n) is 7.99. The molecule has 4 aromatic rings. The summed E-state index contributed by atoms with van der Waals surface area (Å²) in [5.74, 6) is 0.962. The Morgan fingerprint density at radius 1 is 0.800 bits per heavy atom. The number of nitrogens with one attached hydrogen (secondary N) is 2. The van der Waals surface area contributed by atoms with E-state index >= 15 is 0 Å². The summed E-state index contributed by atoms with van der Waals surface area (Å²) < 4.78 is 6.22. The third-order valence-electron chi connectivity index (χ3n) is 6.03. The van der Waals surface area contributed by atoms with Crippen molar-refractivity contribution in [3.63, 3.8) is 0 Å². The number of hydrogen-bond acceptors (Lipinski definition) is 2. The highest BCUT2D eigenvalue weighted by molar-refractivity contribution is 5.88. The second-order valence-corrected chi connectivity index (χ2v) is 7.99. The van der Waals surface area contributed by atoms with Crippen LogP contribution < -0.4 is 10.1 Å². The van der Waals surface area contributed by atoms with Crippen LogP contribution in [0.4, 0.5) is 0 Å². The van der Waals surface area contributed by atoms with Gasteiger partial charge in [-0.05, 0) is 54.6 Å². The summed E-state index contributed by atoms with van der Waals surface area (Å²) in [5.41, 5.74) is 8.00. The average Bonchev–Trinajstić information content (AvgIpc) is 2.99. The fourth-order valence-electron chi connectivity index (χ4n) is 4.59. The molecule has 152 valence electrons. The van der Waals surface area contributed by atoms with Crippen molar-refractivity contribution >= 4 is 10.9 Å². The van der Waals surface area contributed by atoms with Gasteiger partial charge in [-0.3, -0.25) is 0 Å². The first-order valence-electron chi connectivity index (χ1n) is 11.0. The third kappa shape index (κ3) is 3.86. The van der Waals surface area contributed by atoms with Gasteiger partial charge in [0.25, 0.3) is 0 Å². The Labute approximate surface area is 178 Å². The molecule has 30 heavy (non-hydrogen) atoms. The Kier molecular flexibility index (Phi) is 5.54. The van der Waals surface area contributed by atoms with Gasteiger partial charge < -0.3 is 15.0 Å². The monoisotopic (exact) mass is 396 g/mol. The maximum absolute atomic E-state index is 6.22. The molecule has 5 rings (SSSR count). The zero-order valence-electron chi connectivity index (χ0n) is 17.3. The SMILES string of the molecule is c1ccc(-c2ccccc2OCCCc2cccc3[nH]c4c(c23)CCNCC4)cc1. The first-order valence-corrected chi connectivity index (χ1v) is 11.0. The van der Waals surface area contributed by atoms with E-state index in [0.717, 1.165) is 50.1 Å². The van der Waals surface area contributed by atoms with Gasteiger partial charge in [-0.1, -0.05) is 60.7 Å². The molecule has 3 heteroatoms. The van der Waals surface area contributed by atoms with E-state index in [1.165, 1.54) is 33.3 Å². The molecule has 1 aromatic heterocycles. The Balaban J connectivity index is 1.30. The minimum atomic E-state index is 0.717. The molecule has 0 atom stereocenters. The molecule has 0 fully saturated rings. The number of H-pyrrole nitrogens is 1. The summed E-state index contributed by atoms with van der Waals surface area (Å²) in [5, 5.41) is 4.96. The topological polar surface area (TPSA) is 37.0 Å². The van der Waals surface area contributed by atoms with Gasteiger partial charge >= 0.3 is 0 Å². The fraction of sp³-hybridized carbons (Fsp3) is 0.259. The number of aromatic nitrogens is 1. The lowest BCUT2D eigenvalue weighted by Crippen LogP contribution is -2.16. The van der Waals surface area contributed by atoms with Crippen molar-refractivity contribution in [2.45, 2.75) is 25.7 Å². The van der Waals surface area contributed by atoms with Crippen molar-refractivity contribution < 1.29 is 4.74 Å². The molecule has 1 aliphatic heterocycles. The Morgan fingerprint density at radius 3 is 2.57 bits per heavy atom. The first-order chi connectivity index (χ1) is 14.9. The predicted octanol–water partition coefficient (Wildman–Crippen LogP) is 5.53. The van der Waals surface area contributed by atoms with Gasteiger partial charge in [-0.2, -0.15) is 0 Å². The summed E-state index contributed by atoms with van der Waals surface area (Å²) in [7, 11) is 0. The smallest absolute Gasteiger partial charge is 0.127 e. The van der Waals surface area contributed by atoms with Crippen LogP contribution in [0.2, 0.25) is 0 Å². The third-order valence-corrected chi connectivity index (χ3v) is 6.03. The Morgan fingerprint density at radius 2 is 1.63 bits per heavy atom. The number of para-hydroxylation sites is 1. The Bertz CT molecular complexity index is 1130. The Hall–Kier alpha value is -3.04. The van der Waals surface area contributed by atoms with Crippen molar-refractivity contribution in [1.82, 2.24) is 10.3 Å². The molecule has 0 aliphatic carbocycles. The average molecular weight is 397 g/mol. The van der Waals surface area contributed by atoms with E-state index in [1.807, 2.05) is 12.1 Å². The quantitative estimate of drug-likeness (QED) is 0.420. The maximum atomic E-state index is 6.22. The molecule has 0 amide bonds. The van der Waals surface area contributed by atoms with Crippen LogP contribution in [0.5, 0.6) is 5.75 Å². The molecule has 0 saturated heterocycles. The van der Waals surface area contributed by atoms with Gasteiger partial charge in [0.05, 0.1) is 6.61 Å². The molecule has 3 nitrogen and oxygen atoms in total. The lowest BCUT2D eigenvalue weighted by Gasteiger charge is -2.12. The van der Waals surface area contributed by atoms with Gasteiger partial charge in [0, 0.05) is 35.1 Å². The number of rotatable bonds is 6. The van der Waals surface area contributed by atoms with Crippen LogP contribution in [0.15, 0.2) is 72.8 Å². The van der Waals surface area contributed by atoms with Gasteiger partial charge in [0.15, 0.2) is 0 Å². The van der Waals surface area contributed by atoms with E-state index in [0.29, 0.717) is 6.61 Å². The molecule has 3 aromatic carbocycles. The van der Waals surface area contributed by atoms with Crippen LogP contribution in [-0.4, -0.2) is 24.7 Å². The molecule has 0 bridgehead atoms. The zero-order chi connectivity index (χ0) is 20.2. The second kappa shape index (κ2) is 8.76. The van der Waals surface area contributed by atoms with Gasteiger partial charge in [-0.25, -0.2) is 0 Å². The van der Waals surface area contributed by atoms with Gasteiger partial charge in [-0.15, -0.1) is 0 Å². The predicted molar refractivity (Wildman–Crippen MR) is 124 cm³/mol. The molecular weight excluding hydrogens is 368 g/mol. The normalized spacial score (nSPS) is 13.7. The van der Waals surface area contributed by atoms with Gasteiger partial charge in [0.1, 0.15) is 5.75 Å². The summed E-state index contributed by atoms with van der Waals surface area (Å²) in [6.07, 6.45) is 4.22. The lowest BCUT2D eigenvalue weighted by molar-refractivity contribution is 0.312. The van der Waals surface area contributed by atoms with Gasteiger partial charge in [0.2, 0.25) is 0 Å². The van der Waals surface area contributed by atoms with Crippen LogP contribution in [0.3, 0.4) is 0 Å². The van der Waals surface area contributed by atoms with Crippen LogP contribution in [0, 0.1) is 0 Å². The van der Waals surface area contributed by atoms with Crippen LogP contribution in [-0.2, 0) is 19.3 Å². The number of hydrogen-bond donors (Lipinski definition) is 2. The van der Waals surface area contributed by atoms with E-state index in [2.05, 4.69) is 71.0 Å². The number of aromatic amines is 1. The molecule has 1 aliphatic rings. The van der Waals surface area contributed by atoms with Crippen molar-refractivity contribution in [2.75, 3.05) is 19.7 Å². The van der Waals surface area contributed by atoms with E-state index in [4.69, 9.17) is 4.74 Å². The van der Waals surface area contributed by atoms with Crippen LogP contribution in [0.1, 0.15) is 23.2 Å². The number of aryl methyl sites for hydroxylation is 1. The van der Waals surface area contributed by atoms with E-state index in [1.54, 1.807) is 0 Å². The number of fused-ring (bicyclic) bond motifs is 3. The summed E-state index contributed by atoms with van der Waals surface area (Å²) in [4.78, 5) is 3.67. The maximum Gasteiger partial charge on any atom is 0.127 e. The van der Waals surface area contributed by atoms with Crippen molar-refractivity contribution in [2.24, 2.45) is 0 Å². The number of ether oxygens (including phenoxy) is 1. The number of benzene rings is 3. The molecular formula is C27H28N2O. The van der Waals surface area contributed by atoms with Crippen molar-refractivity contribution in [3.05, 3.63) is 89.6 Å². The molecule has 2 heterocycles. The van der Waals surface area contributed by atoms with E-state index < -0.39 is 0 Å². The summed E-state index contributed by atoms with van der Waals surface area (Å²) in [6, 6.07) is 25.5. The fourth-order valence-corrected chi connectivity index (χ4v) is 4.59. The first kappa shape index (κ1) is 19.0. The minimum Gasteiger partial charge on any atom is -0.493 e. The largest absolute Gasteiger partial charge is 0.493 e. The standard InChI is InChI=1S/C27H28N2O/c1-2-8-20(9-3-1)22-12-4-5-14-26(22)30-19-7-11-21-10-6-13-25-27(21)23-15-17-28-18-16-24(23)29-25/h1-6,8-10,12-14,28-29H,7,11,15-19H2.